The Labute approximate surface area is 172 Å². The van der Waals surface area contributed by atoms with Crippen LogP contribution in [0.1, 0.15) is 34.5 Å². The number of rotatable bonds is 5. The van der Waals surface area contributed by atoms with Crippen LogP contribution in [-0.2, 0) is 13.1 Å². The number of halogens is 2. The summed E-state index contributed by atoms with van der Waals surface area (Å²) in [5, 5.41) is 6.31. The normalized spacial score (nSPS) is 16.2. The lowest BCUT2D eigenvalue weighted by atomic mass is 10.0. The first-order chi connectivity index (χ1) is 14.5. The van der Waals surface area contributed by atoms with Crippen molar-refractivity contribution in [2.75, 3.05) is 6.54 Å². The van der Waals surface area contributed by atoms with Crippen LogP contribution in [0.15, 0.2) is 47.3 Å². The van der Waals surface area contributed by atoms with E-state index in [1.165, 1.54) is 28.8 Å². The lowest BCUT2D eigenvalue weighted by Crippen LogP contribution is -2.36. The molecule has 0 spiro atoms. The predicted octanol–water partition coefficient (Wildman–Crippen LogP) is 3.27. The summed E-state index contributed by atoms with van der Waals surface area (Å²) in [6.07, 6.45) is 1.93. The molecular formula is C23H23F2N3O2. The smallest absolute Gasteiger partial charge is 0.261 e. The van der Waals surface area contributed by atoms with Crippen LogP contribution in [0.4, 0.5) is 8.78 Å². The van der Waals surface area contributed by atoms with Crippen LogP contribution in [0, 0.1) is 18.6 Å². The van der Waals surface area contributed by atoms with Gasteiger partial charge in [0.1, 0.15) is 11.6 Å². The minimum atomic E-state index is -0.648. The fourth-order valence-electron chi connectivity index (χ4n) is 4.12. The fraction of sp³-hybridized carbons (Fsp3) is 0.304. The van der Waals surface area contributed by atoms with Crippen LogP contribution < -0.4 is 16.2 Å². The molecule has 0 aliphatic carbocycles. The van der Waals surface area contributed by atoms with Gasteiger partial charge in [-0.3, -0.25) is 9.59 Å². The van der Waals surface area contributed by atoms with E-state index in [0.29, 0.717) is 17.8 Å². The second-order valence-corrected chi connectivity index (χ2v) is 7.64. The summed E-state index contributed by atoms with van der Waals surface area (Å²) in [6, 6.07) is 10.4. The van der Waals surface area contributed by atoms with E-state index in [4.69, 9.17) is 0 Å². The molecule has 5 nitrogen and oxygen atoms in total. The third kappa shape index (κ3) is 3.85. The molecule has 2 N–H and O–H groups in total. The average Bonchev–Trinajstić information content (AvgIpc) is 3.23. The second-order valence-electron chi connectivity index (χ2n) is 7.64. The monoisotopic (exact) mass is 411 g/mol. The summed E-state index contributed by atoms with van der Waals surface area (Å²) in [7, 11) is 0. The van der Waals surface area contributed by atoms with E-state index in [-0.39, 0.29) is 34.7 Å². The molecule has 2 aromatic carbocycles. The number of aromatic nitrogens is 1. The highest BCUT2D eigenvalue weighted by Crippen LogP contribution is 2.23. The van der Waals surface area contributed by atoms with Crippen molar-refractivity contribution < 1.29 is 13.6 Å². The molecule has 1 saturated heterocycles. The van der Waals surface area contributed by atoms with E-state index in [1.54, 1.807) is 25.1 Å². The highest BCUT2D eigenvalue weighted by atomic mass is 19.1. The van der Waals surface area contributed by atoms with Crippen molar-refractivity contribution in [1.82, 2.24) is 15.2 Å². The molecule has 0 bridgehead atoms. The topological polar surface area (TPSA) is 63.1 Å². The van der Waals surface area contributed by atoms with Crippen molar-refractivity contribution in [2.45, 2.75) is 38.9 Å². The summed E-state index contributed by atoms with van der Waals surface area (Å²) < 4.78 is 29.5. The first-order valence-electron chi connectivity index (χ1n) is 10.0. The van der Waals surface area contributed by atoms with E-state index in [0.717, 1.165) is 19.4 Å². The maximum Gasteiger partial charge on any atom is 0.261 e. The standard InChI is InChI=1S/C23H23F2N3O2/c1-14-20(22(29)27-12-15-5-2-6-16(24)11-15)18-8-3-9-19(25)21(18)23(30)28(14)13-17-7-4-10-26-17/h2-3,5-6,8-9,11,17,26H,4,7,10,12-13H2,1H3,(H,27,29). The van der Waals surface area contributed by atoms with Gasteiger partial charge in [-0.15, -0.1) is 0 Å². The van der Waals surface area contributed by atoms with E-state index in [1.807, 2.05) is 0 Å². The van der Waals surface area contributed by atoms with Gasteiger partial charge >= 0.3 is 0 Å². The van der Waals surface area contributed by atoms with Crippen LogP contribution in [0.2, 0.25) is 0 Å². The van der Waals surface area contributed by atoms with Gasteiger partial charge in [-0.05, 0) is 50.1 Å². The van der Waals surface area contributed by atoms with Gasteiger partial charge in [-0.25, -0.2) is 8.78 Å². The predicted molar refractivity (Wildman–Crippen MR) is 111 cm³/mol. The molecular weight excluding hydrogens is 388 g/mol. The van der Waals surface area contributed by atoms with Crippen LogP contribution >= 0.6 is 0 Å². The number of carbonyl (C=O) groups is 1. The third-order valence-corrected chi connectivity index (χ3v) is 5.64. The number of fused-ring (bicyclic) bond motifs is 1. The van der Waals surface area contributed by atoms with Gasteiger partial charge in [-0.1, -0.05) is 24.3 Å². The molecule has 0 radical (unpaired) electrons. The van der Waals surface area contributed by atoms with Crippen molar-refractivity contribution in [3.63, 3.8) is 0 Å². The molecule has 0 saturated carbocycles. The lowest BCUT2D eigenvalue weighted by Gasteiger charge is -2.20. The minimum absolute atomic E-state index is 0.0861. The van der Waals surface area contributed by atoms with Gasteiger partial charge in [-0.2, -0.15) is 0 Å². The fourth-order valence-corrected chi connectivity index (χ4v) is 4.12. The molecule has 3 aromatic rings. The lowest BCUT2D eigenvalue weighted by molar-refractivity contribution is 0.0951. The highest BCUT2D eigenvalue weighted by molar-refractivity contribution is 6.07. The van der Waals surface area contributed by atoms with Gasteiger partial charge in [0.15, 0.2) is 0 Å². The molecule has 1 atom stereocenters. The first-order valence-corrected chi connectivity index (χ1v) is 10.0. The number of nitrogens with zero attached hydrogens (tertiary/aromatic N) is 1. The molecule has 1 unspecified atom stereocenters. The Morgan fingerprint density at radius 2 is 2.03 bits per heavy atom. The van der Waals surface area contributed by atoms with Gasteiger partial charge in [0, 0.05) is 30.2 Å². The number of benzene rings is 2. The zero-order chi connectivity index (χ0) is 21.3. The minimum Gasteiger partial charge on any atom is -0.348 e. The summed E-state index contributed by atoms with van der Waals surface area (Å²) in [5.41, 5.74) is 0.929. The molecule has 1 aliphatic heterocycles. The number of nitrogens with one attached hydrogen (secondary N) is 2. The molecule has 7 heteroatoms. The molecule has 1 aromatic heterocycles. The van der Waals surface area contributed by atoms with Crippen LogP contribution in [0.5, 0.6) is 0 Å². The summed E-state index contributed by atoms with van der Waals surface area (Å²) >= 11 is 0. The molecule has 1 fully saturated rings. The van der Waals surface area contributed by atoms with Crippen LogP contribution in [0.25, 0.3) is 10.8 Å². The van der Waals surface area contributed by atoms with Crippen LogP contribution in [0.3, 0.4) is 0 Å². The molecule has 30 heavy (non-hydrogen) atoms. The van der Waals surface area contributed by atoms with Gasteiger partial charge in [0.05, 0.1) is 10.9 Å². The molecule has 1 amide bonds. The first kappa shape index (κ1) is 20.2. The van der Waals surface area contributed by atoms with E-state index < -0.39 is 17.3 Å². The molecule has 156 valence electrons. The van der Waals surface area contributed by atoms with E-state index in [9.17, 15) is 18.4 Å². The Balaban J connectivity index is 1.76. The van der Waals surface area contributed by atoms with Gasteiger partial charge in [0.25, 0.3) is 11.5 Å². The largest absolute Gasteiger partial charge is 0.348 e. The van der Waals surface area contributed by atoms with Crippen molar-refractivity contribution in [3.8, 4) is 0 Å². The van der Waals surface area contributed by atoms with E-state index >= 15 is 0 Å². The van der Waals surface area contributed by atoms with Crippen molar-refractivity contribution in [2.24, 2.45) is 0 Å². The Hall–Kier alpha value is -3.06. The number of hydrogen-bond donors (Lipinski definition) is 2. The zero-order valence-corrected chi connectivity index (χ0v) is 16.7. The maximum absolute atomic E-state index is 14.6. The Morgan fingerprint density at radius 1 is 1.23 bits per heavy atom. The highest BCUT2D eigenvalue weighted by Gasteiger charge is 2.23. The third-order valence-electron chi connectivity index (χ3n) is 5.64. The summed E-state index contributed by atoms with van der Waals surface area (Å²) in [6.45, 7) is 3.08. The van der Waals surface area contributed by atoms with E-state index in [2.05, 4.69) is 10.6 Å². The number of carbonyl (C=O) groups excluding carboxylic acids is 1. The van der Waals surface area contributed by atoms with Gasteiger partial charge in [0.2, 0.25) is 0 Å². The SMILES string of the molecule is Cc1c(C(=O)NCc2cccc(F)c2)c2cccc(F)c2c(=O)n1CC1CCCN1. The van der Waals surface area contributed by atoms with Gasteiger partial charge < -0.3 is 15.2 Å². The average molecular weight is 411 g/mol. The Bertz CT molecular complexity index is 1170. The Kier molecular flexibility index (Phi) is 5.63. The van der Waals surface area contributed by atoms with Crippen molar-refractivity contribution in [1.29, 1.82) is 0 Å². The molecule has 4 rings (SSSR count). The second kappa shape index (κ2) is 8.36. The molecule has 1 aliphatic rings. The maximum atomic E-state index is 14.6. The number of pyridine rings is 1. The number of amides is 1. The van der Waals surface area contributed by atoms with Crippen molar-refractivity contribution >= 4 is 16.7 Å². The zero-order valence-electron chi connectivity index (χ0n) is 16.7. The summed E-state index contributed by atoms with van der Waals surface area (Å²) in [4.78, 5) is 26.2. The Morgan fingerprint density at radius 3 is 2.77 bits per heavy atom. The number of hydrogen-bond acceptors (Lipinski definition) is 3. The van der Waals surface area contributed by atoms with Crippen molar-refractivity contribution in [3.05, 3.63) is 81.3 Å². The van der Waals surface area contributed by atoms with Crippen LogP contribution in [-0.4, -0.2) is 23.1 Å². The summed E-state index contributed by atoms with van der Waals surface area (Å²) in [5.74, 6) is -1.46. The quantitative estimate of drug-likeness (QED) is 0.677. The molecule has 2 heterocycles.